The molecule has 0 unspecified atom stereocenters. The van der Waals surface area contributed by atoms with Crippen molar-refractivity contribution < 1.29 is 4.79 Å². The second kappa shape index (κ2) is 6.76. The van der Waals surface area contributed by atoms with Gasteiger partial charge < -0.3 is 4.90 Å². The van der Waals surface area contributed by atoms with Gasteiger partial charge in [0.2, 0.25) is 4.96 Å². The zero-order chi connectivity index (χ0) is 20.3. The van der Waals surface area contributed by atoms with Gasteiger partial charge in [0.1, 0.15) is 4.53 Å². The van der Waals surface area contributed by atoms with Gasteiger partial charge >= 0.3 is 0 Å². The molecule has 4 aromatic rings. The molecule has 0 N–H and O–H groups in total. The third-order valence-corrected chi connectivity index (χ3v) is 6.56. The van der Waals surface area contributed by atoms with Crippen LogP contribution in [0.5, 0.6) is 0 Å². The lowest BCUT2D eigenvalue weighted by molar-refractivity contribution is -0.113. The summed E-state index contributed by atoms with van der Waals surface area (Å²) in [6.07, 6.45) is 0. The molecule has 0 fully saturated rings. The number of halogens is 2. The van der Waals surface area contributed by atoms with Crippen LogP contribution in [0.1, 0.15) is 12.5 Å². The Morgan fingerprint density at radius 1 is 1.14 bits per heavy atom. The molecule has 0 bridgehead atoms. The molecular formula is C20H12BrClN4O2S. The van der Waals surface area contributed by atoms with Crippen molar-refractivity contribution in [2.24, 2.45) is 0 Å². The number of likely N-dealkylation sites (N-methyl/N-ethyl adjacent to an activating group) is 1. The van der Waals surface area contributed by atoms with E-state index in [9.17, 15) is 9.59 Å². The fraction of sp³-hybridized carbons (Fsp3) is 0.100. The monoisotopic (exact) mass is 486 g/mol. The van der Waals surface area contributed by atoms with Gasteiger partial charge in [-0.05, 0) is 49.4 Å². The largest absolute Gasteiger partial charge is 0.308 e. The third-order valence-electron chi connectivity index (χ3n) is 4.78. The van der Waals surface area contributed by atoms with Crippen LogP contribution in [0, 0.1) is 0 Å². The zero-order valence-electron chi connectivity index (χ0n) is 15.0. The van der Waals surface area contributed by atoms with Gasteiger partial charge in [-0.2, -0.15) is 9.50 Å². The van der Waals surface area contributed by atoms with Crippen LogP contribution in [-0.4, -0.2) is 27.0 Å². The van der Waals surface area contributed by atoms with Crippen molar-refractivity contribution in [1.29, 1.82) is 0 Å². The molecule has 3 heterocycles. The van der Waals surface area contributed by atoms with E-state index in [1.54, 1.807) is 29.2 Å². The number of amides is 1. The Kier molecular flexibility index (Phi) is 4.31. The first-order chi connectivity index (χ1) is 14.0. The summed E-state index contributed by atoms with van der Waals surface area (Å²) in [5.74, 6) is 0.262. The van der Waals surface area contributed by atoms with Gasteiger partial charge in [-0.15, -0.1) is 5.10 Å². The number of carbonyl (C=O) groups is 1. The smallest absolute Gasteiger partial charge is 0.291 e. The highest BCUT2D eigenvalue weighted by Gasteiger charge is 2.33. The lowest BCUT2D eigenvalue weighted by atomic mass is 10.1. The van der Waals surface area contributed by atoms with Crippen molar-refractivity contribution in [3.63, 3.8) is 0 Å². The molecule has 2 aromatic carbocycles. The Labute approximate surface area is 182 Å². The lowest BCUT2D eigenvalue weighted by Crippen LogP contribution is -2.32. The highest BCUT2D eigenvalue weighted by atomic mass is 79.9. The van der Waals surface area contributed by atoms with Crippen molar-refractivity contribution >= 4 is 61.0 Å². The fourth-order valence-corrected chi connectivity index (χ4v) is 4.93. The molecule has 0 saturated heterocycles. The van der Waals surface area contributed by atoms with Crippen molar-refractivity contribution in [3.05, 3.63) is 72.4 Å². The van der Waals surface area contributed by atoms with E-state index < -0.39 is 0 Å². The number of nitrogens with zero attached hydrogens (tertiary/aromatic N) is 4. The van der Waals surface area contributed by atoms with E-state index >= 15 is 0 Å². The number of rotatable bonds is 2. The fourth-order valence-electron chi connectivity index (χ4n) is 3.44. The second-order valence-electron chi connectivity index (χ2n) is 6.46. The second-order valence-corrected chi connectivity index (χ2v) is 8.79. The minimum absolute atomic E-state index is 0.180. The van der Waals surface area contributed by atoms with E-state index in [0.717, 1.165) is 21.3 Å². The van der Waals surface area contributed by atoms with Crippen LogP contribution in [0.3, 0.4) is 0 Å². The van der Waals surface area contributed by atoms with Gasteiger partial charge in [-0.25, -0.2) is 0 Å². The molecule has 0 spiro atoms. The van der Waals surface area contributed by atoms with Crippen molar-refractivity contribution in [2.75, 3.05) is 11.4 Å². The Bertz CT molecular complexity index is 1410. The van der Waals surface area contributed by atoms with Crippen molar-refractivity contribution in [2.45, 2.75) is 6.92 Å². The maximum absolute atomic E-state index is 13.1. The Morgan fingerprint density at radius 2 is 1.90 bits per heavy atom. The molecule has 9 heteroatoms. The summed E-state index contributed by atoms with van der Waals surface area (Å²) in [6, 6.07) is 12.7. The summed E-state index contributed by atoms with van der Waals surface area (Å²) in [6.45, 7) is 2.43. The van der Waals surface area contributed by atoms with Gasteiger partial charge in [-0.3, -0.25) is 9.59 Å². The molecule has 0 aliphatic carbocycles. The first kappa shape index (κ1) is 18.5. The van der Waals surface area contributed by atoms with Crippen LogP contribution in [0.15, 0.2) is 51.7 Å². The van der Waals surface area contributed by atoms with Gasteiger partial charge in [-0.1, -0.05) is 38.9 Å². The normalized spacial score (nSPS) is 15.4. The van der Waals surface area contributed by atoms with Gasteiger partial charge in [0.15, 0.2) is 5.82 Å². The number of fused-ring (bicyclic) bond motifs is 2. The Morgan fingerprint density at radius 3 is 2.59 bits per heavy atom. The standard InChI is InChI=1S/C20H12BrClN4O2S/c1-2-25-14-8-5-11(21)9-13(14)15(18(25)27)16-19(28)26-20(29-16)23-17(24-26)10-3-6-12(22)7-4-10/h3-9H,2H2,1H3. The van der Waals surface area contributed by atoms with E-state index in [0.29, 0.717) is 32.5 Å². The lowest BCUT2D eigenvalue weighted by Gasteiger charge is -2.13. The predicted molar refractivity (Wildman–Crippen MR) is 117 cm³/mol. The van der Waals surface area contributed by atoms with Gasteiger partial charge in [0, 0.05) is 27.2 Å². The summed E-state index contributed by atoms with van der Waals surface area (Å²) in [5, 5.41) is 4.97. The van der Waals surface area contributed by atoms with Crippen molar-refractivity contribution in [3.8, 4) is 11.4 Å². The maximum Gasteiger partial charge on any atom is 0.291 e. The molecule has 6 nitrogen and oxygen atoms in total. The summed E-state index contributed by atoms with van der Waals surface area (Å²) >= 11 is 10.6. The summed E-state index contributed by atoms with van der Waals surface area (Å²) in [7, 11) is 0. The number of thiazole rings is 1. The Balaban J connectivity index is 1.74. The highest BCUT2D eigenvalue weighted by molar-refractivity contribution is 9.10. The van der Waals surface area contributed by atoms with E-state index in [1.165, 1.54) is 15.9 Å². The number of carbonyl (C=O) groups excluding carboxylic acids is 1. The minimum atomic E-state index is -0.343. The van der Waals surface area contributed by atoms with E-state index in [2.05, 4.69) is 26.0 Å². The molecule has 0 atom stereocenters. The maximum atomic E-state index is 13.1. The van der Waals surface area contributed by atoms with Crippen LogP contribution in [0.25, 0.3) is 21.9 Å². The molecule has 0 saturated carbocycles. The van der Waals surface area contributed by atoms with Crippen LogP contribution < -0.4 is 15.0 Å². The molecular weight excluding hydrogens is 476 g/mol. The highest BCUT2D eigenvalue weighted by Crippen LogP contribution is 2.37. The quantitative estimate of drug-likeness (QED) is 0.434. The SMILES string of the molecule is CCN1C(=O)C(=c2sc3nc(-c4ccc(Cl)cc4)nn3c2=O)c2cc(Br)ccc21. The van der Waals surface area contributed by atoms with E-state index in [-0.39, 0.29) is 11.5 Å². The molecule has 1 aliphatic heterocycles. The molecule has 1 amide bonds. The minimum Gasteiger partial charge on any atom is -0.308 e. The summed E-state index contributed by atoms with van der Waals surface area (Å²) in [5.41, 5.74) is 2.37. The molecule has 2 aromatic heterocycles. The number of benzene rings is 2. The number of aromatic nitrogens is 3. The molecule has 1 aliphatic rings. The van der Waals surface area contributed by atoms with Crippen LogP contribution in [0.2, 0.25) is 5.02 Å². The first-order valence-corrected chi connectivity index (χ1v) is 10.8. The molecule has 0 radical (unpaired) electrons. The van der Waals surface area contributed by atoms with Crippen LogP contribution in [0.4, 0.5) is 5.69 Å². The zero-order valence-corrected chi connectivity index (χ0v) is 18.2. The summed E-state index contributed by atoms with van der Waals surface area (Å²) in [4.78, 5) is 32.8. The van der Waals surface area contributed by atoms with Crippen molar-refractivity contribution in [1.82, 2.24) is 14.6 Å². The van der Waals surface area contributed by atoms with Gasteiger partial charge in [0.25, 0.3) is 11.5 Å². The molecule has 144 valence electrons. The average molecular weight is 488 g/mol. The summed E-state index contributed by atoms with van der Waals surface area (Å²) < 4.78 is 2.45. The molecule has 5 rings (SSSR count). The molecule has 29 heavy (non-hydrogen) atoms. The van der Waals surface area contributed by atoms with E-state index in [4.69, 9.17) is 11.6 Å². The topological polar surface area (TPSA) is 67.6 Å². The van der Waals surface area contributed by atoms with Crippen LogP contribution in [-0.2, 0) is 4.79 Å². The Hall–Kier alpha value is -2.55. The number of anilines is 1. The third kappa shape index (κ3) is 2.82. The number of hydrogen-bond acceptors (Lipinski definition) is 5. The number of hydrogen-bond donors (Lipinski definition) is 0. The first-order valence-electron chi connectivity index (χ1n) is 8.79. The average Bonchev–Trinajstić information content (AvgIpc) is 3.33. The van der Waals surface area contributed by atoms with Crippen LogP contribution >= 0.6 is 38.9 Å². The van der Waals surface area contributed by atoms with E-state index in [1.807, 2.05) is 25.1 Å². The van der Waals surface area contributed by atoms with Gasteiger partial charge in [0.05, 0.1) is 11.3 Å². The predicted octanol–water partition coefficient (Wildman–Crippen LogP) is 3.52.